The van der Waals surface area contributed by atoms with Gasteiger partial charge in [0.25, 0.3) is 20.2 Å². The fraction of sp³-hybridized carbons (Fsp3) is 0.0435. The van der Waals surface area contributed by atoms with Crippen LogP contribution in [0, 0.1) is 6.92 Å². The van der Waals surface area contributed by atoms with Crippen LogP contribution in [0.5, 0.6) is 5.75 Å². The number of nitrogens with zero attached hydrogens (tertiary/aromatic N) is 4. The number of nitrogens with two attached hydrogens (primary N) is 1. The van der Waals surface area contributed by atoms with Gasteiger partial charge in [0.05, 0.1) is 16.8 Å². The van der Waals surface area contributed by atoms with Crippen LogP contribution in [0.4, 0.5) is 28.4 Å². The van der Waals surface area contributed by atoms with Crippen molar-refractivity contribution < 1.29 is 68.9 Å². The Morgan fingerprint density at radius 3 is 1.63 bits per heavy atom. The first-order valence-corrected chi connectivity index (χ1v) is 17.8. The van der Waals surface area contributed by atoms with E-state index in [-0.39, 0.29) is 27.8 Å². The third-order valence-electron chi connectivity index (χ3n) is 5.19. The molecule has 0 saturated carbocycles. The number of aromatic hydroxyl groups is 1. The molecule has 0 saturated heterocycles. The Morgan fingerprint density at radius 2 is 1.12 bits per heavy atom. The van der Waals surface area contributed by atoms with Crippen LogP contribution in [-0.2, 0) is 52.1 Å². The van der Waals surface area contributed by atoms with Gasteiger partial charge in [-0.1, -0.05) is 30.3 Å². The van der Waals surface area contributed by atoms with Crippen LogP contribution in [0.15, 0.2) is 97.0 Å². The monoisotopic (exact) mass is 781 g/mol. The van der Waals surface area contributed by atoms with Gasteiger partial charge in [-0.3, -0.25) is 9.11 Å². The molecule has 0 aliphatic rings. The number of aryl methyl sites for hydroxylation is 1. The summed E-state index contributed by atoms with van der Waals surface area (Å²) < 4.78 is 142. The summed E-state index contributed by atoms with van der Waals surface area (Å²) in [5.41, 5.74) is 6.57. The highest BCUT2D eigenvalue weighted by Crippen LogP contribution is 2.46. The summed E-state index contributed by atoms with van der Waals surface area (Å²) in [4.78, 5) is -1.16. The van der Waals surface area contributed by atoms with E-state index in [9.17, 15) is 31.0 Å². The summed E-state index contributed by atoms with van der Waals surface area (Å²) in [7, 11) is -18.7. The highest BCUT2D eigenvalue weighted by Gasteiger charge is 2.24. The molecule has 5 N–H and O–H groups in total. The van der Waals surface area contributed by atoms with Crippen LogP contribution in [0.1, 0.15) is 5.56 Å². The Kier molecular flexibility index (Phi) is 15.5. The van der Waals surface area contributed by atoms with Gasteiger partial charge in [-0.2, -0.15) is 21.9 Å². The average Bonchev–Trinajstić information content (AvgIpc) is 2.94. The van der Waals surface area contributed by atoms with E-state index in [4.69, 9.17) is 43.6 Å². The molecule has 0 aliphatic carbocycles. The summed E-state index contributed by atoms with van der Waals surface area (Å²) in [5.74, 6) is -0.686. The van der Waals surface area contributed by atoms with E-state index in [2.05, 4.69) is 20.5 Å². The van der Waals surface area contributed by atoms with Crippen LogP contribution < -0.4 is 5.73 Å². The molecule has 4 aromatic carbocycles. The molecule has 0 spiro atoms. The zero-order valence-corrected chi connectivity index (χ0v) is 28.0. The number of phenols is 1. The van der Waals surface area contributed by atoms with E-state index in [0.717, 1.165) is 17.7 Å². The molecular formula is C23H19N5O16S5. The third-order valence-corrected chi connectivity index (χ3v) is 6.96. The maximum Gasteiger partial charge on any atom is 0.425 e. The van der Waals surface area contributed by atoms with Gasteiger partial charge >= 0.3 is 31.8 Å². The van der Waals surface area contributed by atoms with Crippen LogP contribution in [0.25, 0.3) is 10.8 Å². The molecule has 0 aliphatic heterocycles. The lowest BCUT2D eigenvalue weighted by atomic mass is 10.1. The topological polar surface area (TPSA) is 358 Å². The number of hydrogen-bond acceptors (Lipinski definition) is 19. The molecule has 4 aromatic rings. The van der Waals surface area contributed by atoms with Gasteiger partial charge in [-0.25, -0.2) is 0 Å². The normalized spacial score (nSPS) is 11.0. The highest BCUT2D eigenvalue weighted by atomic mass is 32.2. The molecule has 0 radical (unpaired) electrons. The van der Waals surface area contributed by atoms with E-state index < -0.39 is 73.3 Å². The van der Waals surface area contributed by atoms with Gasteiger partial charge in [-0.05, 0) is 54.3 Å². The van der Waals surface area contributed by atoms with Crippen LogP contribution >= 0.6 is 0 Å². The largest absolute Gasteiger partial charge is 0.505 e. The Balaban J connectivity index is 0.000000866. The van der Waals surface area contributed by atoms with Gasteiger partial charge in [0, 0.05) is 0 Å². The SMILES string of the molecule is Cc1cccc(N=Nc2c(S(=O)(=O)O)cc3ccc(N=Nc4ccccc4S(=O)(=O)O)c(N)c3c2O)c1.O=S(=O)=O.O=S(=O)=O.O=S(=O)=O. The molecule has 4 rings (SSSR count). The molecule has 21 nitrogen and oxygen atoms in total. The maximum atomic E-state index is 12.0. The fourth-order valence-corrected chi connectivity index (χ4v) is 4.78. The van der Waals surface area contributed by atoms with Crippen molar-refractivity contribution in [1.82, 2.24) is 0 Å². The molecule has 0 fully saturated rings. The molecule has 262 valence electrons. The van der Waals surface area contributed by atoms with Crippen molar-refractivity contribution in [2.75, 3.05) is 5.73 Å². The quantitative estimate of drug-likeness (QED) is 0.124. The number of rotatable bonds is 6. The van der Waals surface area contributed by atoms with Crippen molar-refractivity contribution >= 4 is 91.3 Å². The van der Waals surface area contributed by atoms with Crippen molar-refractivity contribution in [2.24, 2.45) is 20.5 Å². The molecule has 26 heteroatoms. The zero-order chi connectivity index (χ0) is 37.7. The molecule has 0 amide bonds. The molecular weight excluding hydrogens is 763 g/mol. The first kappa shape index (κ1) is 41.6. The van der Waals surface area contributed by atoms with E-state index in [1.54, 1.807) is 18.2 Å². The van der Waals surface area contributed by atoms with E-state index in [1.165, 1.54) is 30.3 Å². The number of azo groups is 2. The first-order valence-electron chi connectivity index (χ1n) is 11.9. The van der Waals surface area contributed by atoms with Gasteiger partial charge < -0.3 is 10.8 Å². The molecule has 49 heavy (non-hydrogen) atoms. The van der Waals surface area contributed by atoms with Gasteiger partial charge in [0.15, 0.2) is 5.75 Å². The molecule has 0 atom stereocenters. The summed E-state index contributed by atoms with van der Waals surface area (Å²) in [6, 6.07) is 15.9. The third kappa shape index (κ3) is 14.1. The second-order valence-corrected chi connectivity index (χ2v) is 12.4. The van der Waals surface area contributed by atoms with Crippen molar-refractivity contribution in [3.05, 3.63) is 72.3 Å². The Hall–Kier alpha value is -5.38. The minimum atomic E-state index is -4.83. The number of anilines is 1. The van der Waals surface area contributed by atoms with Gasteiger partial charge in [-0.15, -0.1) is 53.2 Å². The molecule has 0 aromatic heterocycles. The van der Waals surface area contributed by atoms with E-state index >= 15 is 0 Å². The number of phenolic OH excluding ortho intramolecular Hbond substituents is 1. The van der Waals surface area contributed by atoms with Crippen molar-refractivity contribution in [3.63, 3.8) is 0 Å². The number of fused-ring (bicyclic) bond motifs is 1. The number of benzene rings is 4. The smallest absolute Gasteiger partial charge is 0.425 e. The lowest BCUT2D eigenvalue weighted by Gasteiger charge is -2.12. The summed E-state index contributed by atoms with van der Waals surface area (Å²) in [6.07, 6.45) is 0. The summed E-state index contributed by atoms with van der Waals surface area (Å²) in [5, 5.41) is 26.7. The Morgan fingerprint density at radius 1 is 0.612 bits per heavy atom. The van der Waals surface area contributed by atoms with E-state index in [1.807, 2.05) is 13.0 Å². The molecule has 0 unspecified atom stereocenters. The lowest BCUT2D eigenvalue weighted by molar-refractivity contribution is 0.472. The predicted octanol–water partition coefficient (Wildman–Crippen LogP) is 2.75. The predicted molar refractivity (Wildman–Crippen MR) is 165 cm³/mol. The Bertz CT molecular complexity index is 2420. The number of hydrogen-bond donors (Lipinski definition) is 4. The van der Waals surface area contributed by atoms with Crippen LogP contribution in [-0.4, -0.2) is 68.9 Å². The van der Waals surface area contributed by atoms with Crippen LogP contribution in [0.3, 0.4) is 0 Å². The summed E-state index contributed by atoms with van der Waals surface area (Å²) >= 11 is 0. The Labute approximate surface area is 280 Å². The van der Waals surface area contributed by atoms with Crippen LogP contribution in [0.2, 0.25) is 0 Å². The molecule has 0 bridgehead atoms. The second-order valence-electron chi connectivity index (χ2n) is 8.44. The fourth-order valence-electron chi connectivity index (χ4n) is 3.50. The van der Waals surface area contributed by atoms with Gasteiger partial charge in [0.2, 0.25) is 0 Å². The standard InChI is InChI=1S/C23H19N5O7S2.3O3S/c1-13-5-4-6-15(11-13)25-28-22-19(37(33,34)35)12-14-9-10-17(21(24)20(14)23(22)29)27-26-16-7-2-3-8-18(16)36(30,31)32;3*1-4(2)3/h2-12,29H,24H2,1H3,(H,30,31,32)(H,33,34,35);;;. The second kappa shape index (κ2) is 18.2. The average molecular weight is 782 g/mol. The molecule has 0 heterocycles. The van der Waals surface area contributed by atoms with E-state index in [0.29, 0.717) is 5.69 Å². The van der Waals surface area contributed by atoms with Crippen molar-refractivity contribution in [1.29, 1.82) is 0 Å². The first-order chi connectivity index (χ1) is 22.6. The lowest BCUT2D eigenvalue weighted by Crippen LogP contribution is -2.00. The highest BCUT2D eigenvalue weighted by molar-refractivity contribution is 7.86. The summed E-state index contributed by atoms with van der Waals surface area (Å²) in [6.45, 7) is 1.82. The van der Waals surface area contributed by atoms with Crippen molar-refractivity contribution in [3.8, 4) is 5.75 Å². The minimum absolute atomic E-state index is 0.00545. The zero-order valence-electron chi connectivity index (χ0n) is 23.9. The maximum absolute atomic E-state index is 12.0. The van der Waals surface area contributed by atoms with Crippen molar-refractivity contribution in [2.45, 2.75) is 16.7 Å². The minimum Gasteiger partial charge on any atom is -0.505 e. The number of nitrogen functional groups attached to an aromatic ring is 1. The van der Waals surface area contributed by atoms with Gasteiger partial charge in [0.1, 0.15) is 26.9 Å².